The van der Waals surface area contributed by atoms with Gasteiger partial charge in [-0.25, -0.2) is 4.98 Å². The van der Waals surface area contributed by atoms with E-state index in [0.717, 1.165) is 11.5 Å². The van der Waals surface area contributed by atoms with Crippen LogP contribution in [0.1, 0.15) is 50.1 Å². The summed E-state index contributed by atoms with van der Waals surface area (Å²) in [5, 5.41) is 7.93. The van der Waals surface area contributed by atoms with Crippen LogP contribution in [0.4, 0.5) is 17.5 Å². The normalized spacial score (nSPS) is 17.9. The predicted molar refractivity (Wildman–Crippen MR) is 99.6 cm³/mol. The molecular formula is C18H20Cl2N4. The molecule has 1 aromatic heterocycles. The summed E-state index contributed by atoms with van der Waals surface area (Å²) in [6, 6.07) is 7.96. The van der Waals surface area contributed by atoms with Gasteiger partial charge in [-0.3, -0.25) is 0 Å². The van der Waals surface area contributed by atoms with Gasteiger partial charge in [0.2, 0.25) is 5.95 Å². The maximum atomic E-state index is 6.27. The number of aromatic nitrogens is 2. The van der Waals surface area contributed by atoms with Crippen LogP contribution in [-0.4, -0.2) is 16.0 Å². The van der Waals surface area contributed by atoms with E-state index in [1.807, 2.05) is 24.3 Å². The maximum absolute atomic E-state index is 6.27. The molecule has 6 heteroatoms. The average Bonchev–Trinajstić information content (AvgIpc) is 3.30. The van der Waals surface area contributed by atoms with Crippen LogP contribution in [-0.2, 0) is 0 Å². The highest BCUT2D eigenvalue weighted by atomic mass is 35.5. The van der Waals surface area contributed by atoms with Crippen LogP contribution >= 0.6 is 23.2 Å². The van der Waals surface area contributed by atoms with Crippen molar-refractivity contribution in [3.8, 4) is 0 Å². The monoisotopic (exact) mass is 362 g/mol. The predicted octanol–water partition coefficient (Wildman–Crippen LogP) is 5.76. The Bertz CT molecular complexity index is 720. The Morgan fingerprint density at radius 1 is 0.958 bits per heavy atom. The standard InChI is InChI=1S/C18H20Cl2N4/c19-13-6-3-7-14(20)17(13)23-16-10-15(11-8-9-11)22-18(24-16)21-12-4-1-2-5-12/h3,6-7,10-12H,1-2,4-5,8-9H2,(H2,21,22,23,24). The molecule has 0 spiro atoms. The quantitative estimate of drug-likeness (QED) is 0.709. The van der Waals surface area contributed by atoms with Crippen molar-refractivity contribution < 1.29 is 0 Å². The summed E-state index contributed by atoms with van der Waals surface area (Å²) in [5.41, 5.74) is 1.78. The number of anilines is 3. The third kappa shape index (κ3) is 3.60. The minimum absolute atomic E-state index is 0.483. The highest BCUT2D eigenvalue weighted by Gasteiger charge is 2.27. The van der Waals surface area contributed by atoms with Crippen LogP contribution in [0.5, 0.6) is 0 Å². The summed E-state index contributed by atoms with van der Waals surface area (Å²) < 4.78 is 0. The highest BCUT2D eigenvalue weighted by molar-refractivity contribution is 6.39. The van der Waals surface area contributed by atoms with E-state index in [1.54, 1.807) is 0 Å². The Morgan fingerprint density at radius 3 is 2.33 bits per heavy atom. The van der Waals surface area contributed by atoms with Crippen molar-refractivity contribution >= 4 is 40.7 Å². The number of halogens is 2. The summed E-state index contributed by atoms with van der Waals surface area (Å²) in [6.07, 6.45) is 7.34. The van der Waals surface area contributed by atoms with E-state index in [0.29, 0.717) is 33.6 Å². The first-order valence-corrected chi connectivity index (χ1v) is 9.31. The van der Waals surface area contributed by atoms with Crippen LogP contribution in [0.25, 0.3) is 0 Å². The third-order valence-electron chi connectivity index (χ3n) is 4.65. The average molecular weight is 363 g/mol. The number of para-hydroxylation sites is 1. The van der Waals surface area contributed by atoms with Crippen molar-refractivity contribution in [2.45, 2.75) is 50.5 Å². The molecule has 1 aromatic carbocycles. The van der Waals surface area contributed by atoms with E-state index in [9.17, 15) is 0 Å². The molecule has 4 rings (SSSR count). The van der Waals surface area contributed by atoms with E-state index in [4.69, 9.17) is 28.2 Å². The molecule has 0 amide bonds. The fourth-order valence-corrected chi connectivity index (χ4v) is 3.67. The largest absolute Gasteiger partial charge is 0.351 e. The number of nitrogens with one attached hydrogen (secondary N) is 2. The van der Waals surface area contributed by atoms with Crippen molar-refractivity contribution in [2.24, 2.45) is 0 Å². The Hall–Kier alpha value is -1.52. The topological polar surface area (TPSA) is 49.8 Å². The molecule has 0 saturated heterocycles. The van der Waals surface area contributed by atoms with Crippen molar-refractivity contribution in [1.29, 1.82) is 0 Å². The van der Waals surface area contributed by atoms with E-state index in [2.05, 4.69) is 15.6 Å². The van der Waals surface area contributed by atoms with Crippen molar-refractivity contribution in [3.05, 3.63) is 40.0 Å². The van der Waals surface area contributed by atoms with Crippen LogP contribution in [0.2, 0.25) is 10.0 Å². The molecule has 0 aliphatic heterocycles. The van der Waals surface area contributed by atoms with Crippen LogP contribution in [0.3, 0.4) is 0 Å². The summed E-state index contributed by atoms with van der Waals surface area (Å²) in [5.74, 6) is 2.00. The van der Waals surface area contributed by atoms with Gasteiger partial charge in [-0.2, -0.15) is 4.98 Å². The first kappa shape index (κ1) is 16.0. The van der Waals surface area contributed by atoms with Gasteiger partial charge < -0.3 is 10.6 Å². The van der Waals surface area contributed by atoms with E-state index < -0.39 is 0 Å². The van der Waals surface area contributed by atoms with Gasteiger partial charge in [0, 0.05) is 18.0 Å². The SMILES string of the molecule is Clc1cccc(Cl)c1Nc1cc(C2CC2)nc(NC2CCCC2)n1. The van der Waals surface area contributed by atoms with Crippen molar-refractivity contribution in [1.82, 2.24) is 9.97 Å². The van der Waals surface area contributed by atoms with Crippen molar-refractivity contribution in [2.75, 3.05) is 10.6 Å². The Morgan fingerprint density at radius 2 is 1.67 bits per heavy atom. The number of hydrogen-bond acceptors (Lipinski definition) is 4. The maximum Gasteiger partial charge on any atom is 0.225 e. The number of nitrogens with zero attached hydrogens (tertiary/aromatic N) is 2. The summed E-state index contributed by atoms with van der Waals surface area (Å²) in [4.78, 5) is 9.35. The lowest BCUT2D eigenvalue weighted by Gasteiger charge is -2.15. The molecule has 24 heavy (non-hydrogen) atoms. The van der Waals surface area contributed by atoms with Crippen molar-refractivity contribution in [3.63, 3.8) is 0 Å². The zero-order valence-electron chi connectivity index (χ0n) is 13.4. The smallest absolute Gasteiger partial charge is 0.225 e. The van der Waals surface area contributed by atoms with Gasteiger partial charge >= 0.3 is 0 Å². The minimum Gasteiger partial charge on any atom is -0.351 e. The second-order valence-corrected chi connectivity index (χ2v) is 7.44. The molecule has 0 unspecified atom stereocenters. The molecule has 2 aliphatic carbocycles. The van der Waals surface area contributed by atoms with Gasteiger partial charge in [0.05, 0.1) is 21.4 Å². The first-order chi connectivity index (χ1) is 11.7. The van der Waals surface area contributed by atoms with Gasteiger partial charge in [-0.05, 0) is 37.8 Å². The fraction of sp³-hybridized carbons (Fsp3) is 0.444. The molecule has 0 radical (unpaired) electrons. The zero-order chi connectivity index (χ0) is 16.5. The van der Waals surface area contributed by atoms with Gasteiger partial charge in [0.1, 0.15) is 5.82 Å². The zero-order valence-corrected chi connectivity index (χ0v) is 14.9. The van der Waals surface area contributed by atoms with Gasteiger partial charge in [-0.1, -0.05) is 42.1 Å². The second-order valence-electron chi connectivity index (χ2n) is 6.62. The van der Waals surface area contributed by atoms with E-state index >= 15 is 0 Å². The summed E-state index contributed by atoms with van der Waals surface area (Å²) in [6.45, 7) is 0. The molecule has 0 bridgehead atoms. The lowest BCUT2D eigenvalue weighted by molar-refractivity contribution is 0.742. The highest BCUT2D eigenvalue weighted by Crippen LogP contribution is 2.41. The Balaban J connectivity index is 1.62. The van der Waals surface area contributed by atoms with Gasteiger partial charge in [-0.15, -0.1) is 0 Å². The van der Waals surface area contributed by atoms with E-state index in [-0.39, 0.29) is 0 Å². The Kier molecular flexibility index (Phi) is 4.51. The minimum atomic E-state index is 0.483. The molecule has 2 aliphatic rings. The molecule has 4 nitrogen and oxygen atoms in total. The summed E-state index contributed by atoms with van der Waals surface area (Å²) in [7, 11) is 0. The molecular weight excluding hydrogens is 343 g/mol. The molecule has 1 heterocycles. The molecule has 2 saturated carbocycles. The van der Waals surface area contributed by atoms with Crippen LogP contribution in [0.15, 0.2) is 24.3 Å². The van der Waals surface area contributed by atoms with Crippen LogP contribution in [0, 0.1) is 0 Å². The van der Waals surface area contributed by atoms with Gasteiger partial charge in [0.25, 0.3) is 0 Å². The lowest BCUT2D eigenvalue weighted by Crippen LogP contribution is -2.17. The molecule has 2 fully saturated rings. The lowest BCUT2D eigenvalue weighted by atomic mass is 10.2. The Labute approximate surface area is 152 Å². The number of benzene rings is 1. The number of rotatable bonds is 5. The first-order valence-electron chi connectivity index (χ1n) is 8.55. The molecule has 2 aromatic rings. The van der Waals surface area contributed by atoms with E-state index in [1.165, 1.54) is 38.5 Å². The number of hydrogen-bond donors (Lipinski definition) is 2. The third-order valence-corrected chi connectivity index (χ3v) is 5.28. The summed E-state index contributed by atoms with van der Waals surface area (Å²) >= 11 is 12.5. The van der Waals surface area contributed by atoms with Gasteiger partial charge in [0.15, 0.2) is 0 Å². The second kappa shape index (κ2) is 6.77. The molecule has 0 atom stereocenters. The molecule has 126 valence electrons. The molecule has 2 N–H and O–H groups in total. The fourth-order valence-electron chi connectivity index (χ4n) is 3.18. The van der Waals surface area contributed by atoms with Crippen LogP contribution < -0.4 is 10.6 Å².